The van der Waals surface area contributed by atoms with E-state index in [-0.39, 0.29) is 12.1 Å². The van der Waals surface area contributed by atoms with Crippen LogP contribution in [0, 0.1) is 0 Å². The zero-order chi connectivity index (χ0) is 12.7. The van der Waals surface area contributed by atoms with Crippen LogP contribution < -0.4 is 9.47 Å². The molecule has 0 N–H and O–H groups in total. The average Bonchev–Trinajstić information content (AvgIpc) is 2.28. The Morgan fingerprint density at radius 3 is 2.35 bits per heavy atom. The summed E-state index contributed by atoms with van der Waals surface area (Å²) in [5.41, 5.74) is 0. The van der Waals surface area contributed by atoms with Crippen LogP contribution in [0.15, 0.2) is 24.3 Å². The first-order valence-corrected chi connectivity index (χ1v) is 6.07. The summed E-state index contributed by atoms with van der Waals surface area (Å²) in [4.78, 5) is 10.7. The van der Waals surface area contributed by atoms with Crippen molar-refractivity contribution in [3.05, 3.63) is 24.3 Å². The molecule has 0 radical (unpaired) electrons. The highest BCUT2D eigenvalue weighted by atomic mass is 16.5. The van der Waals surface area contributed by atoms with Crippen molar-refractivity contribution in [3.8, 4) is 11.5 Å². The van der Waals surface area contributed by atoms with Crippen LogP contribution in [0.4, 0.5) is 0 Å². The maximum Gasteiger partial charge on any atom is 0.308 e. The van der Waals surface area contributed by atoms with Crippen molar-refractivity contribution in [3.63, 3.8) is 0 Å². The summed E-state index contributed by atoms with van der Waals surface area (Å²) in [6.07, 6.45) is 3.63. The van der Waals surface area contributed by atoms with Gasteiger partial charge >= 0.3 is 5.97 Å². The van der Waals surface area contributed by atoms with Crippen LogP contribution in [0.2, 0.25) is 0 Å². The monoisotopic (exact) mass is 236 g/mol. The number of ether oxygens (including phenoxy) is 2. The van der Waals surface area contributed by atoms with Gasteiger partial charge in [0.1, 0.15) is 11.5 Å². The molecule has 3 nitrogen and oxygen atoms in total. The number of benzene rings is 1. The number of hydrogen-bond donors (Lipinski definition) is 0. The molecule has 0 aromatic heterocycles. The Kier molecular flexibility index (Phi) is 5.53. The third-order valence-corrected chi connectivity index (χ3v) is 2.39. The molecule has 1 aromatic rings. The van der Waals surface area contributed by atoms with Crippen LogP contribution in [-0.2, 0) is 4.79 Å². The van der Waals surface area contributed by atoms with Gasteiger partial charge in [0.25, 0.3) is 0 Å². The van der Waals surface area contributed by atoms with Gasteiger partial charge in [0.15, 0.2) is 0 Å². The highest BCUT2D eigenvalue weighted by molar-refractivity contribution is 5.69. The minimum atomic E-state index is -0.310. The van der Waals surface area contributed by atoms with Gasteiger partial charge in [-0.15, -0.1) is 0 Å². The van der Waals surface area contributed by atoms with E-state index in [2.05, 4.69) is 13.8 Å². The van der Waals surface area contributed by atoms with Crippen molar-refractivity contribution >= 4 is 5.97 Å². The lowest BCUT2D eigenvalue weighted by Gasteiger charge is -2.14. The SMILES string of the molecule is CCCCC(C)Oc1ccc(OC(C)=O)cc1. The van der Waals surface area contributed by atoms with E-state index in [1.165, 1.54) is 19.8 Å². The molecule has 0 amide bonds. The number of carbonyl (C=O) groups excluding carboxylic acids is 1. The summed E-state index contributed by atoms with van der Waals surface area (Å²) in [7, 11) is 0. The fraction of sp³-hybridized carbons (Fsp3) is 0.500. The van der Waals surface area contributed by atoms with Gasteiger partial charge in [0.2, 0.25) is 0 Å². The molecule has 0 fully saturated rings. The predicted molar refractivity (Wildman–Crippen MR) is 67.4 cm³/mol. The van der Waals surface area contributed by atoms with Gasteiger partial charge in [-0.1, -0.05) is 19.8 Å². The second kappa shape index (κ2) is 6.94. The Morgan fingerprint density at radius 2 is 1.82 bits per heavy atom. The number of unbranched alkanes of at least 4 members (excludes halogenated alkanes) is 1. The highest BCUT2D eigenvalue weighted by Gasteiger charge is 2.04. The lowest BCUT2D eigenvalue weighted by molar-refractivity contribution is -0.131. The number of esters is 1. The zero-order valence-corrected chi connectivity index (χ0v) is 10.7. The fourth-order valence-corrected chi connectivity index (χ4v) is 1.54. The standard InChI is InChI=1S/C14H20O3/c1-4-5-6-11(2)16-13-7-9-14(10-8-13)17-12(3)15/h7-11H,4-6H2,1-3H3. The minimum Gasteiger partial charge on any atom is -0.491 e. The van der Waals surface area contributed by atoms with Gasteiger partial charge in [-0.05, 0) is 37.6 Å². The summed E-state index contributed by atoms with van der Waals surface area (Å²) in [6, 6.07) is 7.12. The normalized spacial score (nSPS) is 11.9. The first-order chi connectivity index (χ1) is 8.11. The molecule has 94 valence electrons. The van der Waals surface area contributed by atoms with E-state index in [1.807, 2.05) is 12.1 Å². The summed E-state index contributed by atoms with van der Waals surface area (Å²) in [6.45, 7) is 5.62. The van der Waals surface area contributed by atoms with Crippen LogP contribution in [0.5, 0.6) is 11.5 Å². The van der Waals surface area contributed by atoms with Crippen molar-refractivity contribution in [2.45, 2.75) is 46.1 Å². The first kappa shape index (κ1) is 13.6. The number of hydrogen-bond acceptors (Lipinski definition) is 3. The van der Waals surface area contributed by atoms with E-state index in [0.29, 0.717) is 5.75 Å². The van der Waals surface area contributed by atoms with Crippen LogP contribution in [0.25, 0.3) is 0 Å². The van der Waals surface area contributed by atoms with Crippen LogP contribution in [0.3, 0.4) is 0 Å². The third-order valence-electron chi connectivity index (χ3n) is 2.39. The van der Waals surface area contributed by atoms with E-state index in [4.69, 9.17) is 9.47 Å². The zero-order valence-electron chi connectivity index (χ0n) is 10.7. The second-order valence-corrected chi connectivity index (χ2v) is 4.14. The number of rotatable bonds is 6. The first-order valence-electron chi connectivity index (χ1n) is 6.07. The number of carbonyl (C=O) groups is 1. The van der Waals surface area contributed by atoms with Crippen LogP contribution in [-0.4, -0.2) is 12.1 Å². The summed E-state index contributed by atoms with van der Waals surface area (Å²) < 4.78 is 10.7. The molecular formula is C14H20O3. The lowest BCUT2D eigenvalue weighted by Crippen LogP contribution is -2.11. The Labute approximate surface area is 103 Å². The van der Waals surface area contributed by atoms with Gasteiger partial charge in [0, 0.05) is 6.92 Å². The van der Waals surface area contributed by atoms with Crippen LogP contribution >= 0.6 is 0 Å². The van der Waals surface area contributed by atoms with Gasteiger partial charge < -0.3 is 9.47 Å². The Hall–Kier alpha value is -1.51. The highest BCUT2D eigenvalue weighted by Crippen LogP contribution is 2.19. The maximum atomic E-state index is 10.7. The summed E-state index contributed by atoms with van der Waals surface area (Å²) in [5, 5.41) is 0. The molecule has 0 spiro atoms. The van der Waals surface area contributed by atoms with E-state index in [1.54, 1.807) is 12.1 Å². The van der Waals surface area contributed by atoms with Gasteiger partial charge in [-0.3, -0.25) is 4.79 Å². The molecule has 0 aliphatic rings. The van der Waals surface area contributed by atoms with Crippen molar-refractivity contribution in [2.75, 3.05) is 0 Å². The molecule has 0 saturated carbocycles. The van der Waals surface area contributed by atoms with Crippen LogP contribution in [0.1, 0.15) is 40.0 Å². The van der Waals surface area contributed by atoms with Gasteiger partial charge in [-0.2, -0.15) is 0 Å². The van der Waals surface area contributed by atoms with Crippen molar-refractivity contribution in [1.29, 1.82) is 0 Å². The van der Waals surface area contributed by atoms with Crippen molar-refractivity contribution in [2.24, 2.45) is 0 Å². The second-order valence-electron chi connectivity index (χ2n) is 4.14. The van der Waals surface area contributed by atoms with E-state index in [0.717, 1.165) is 12.2 Å². The largest absolute Gasteiger partial charge is 0.491 e. The van der Waals surface area contributed by atoms with Crippen molar-refractivity contribution in [1.82, 2.24) is 0 Å². The molecule has 0 aliphatic heterocycles. The molecule has 3 heteroatoms. The molecule has 0 heterocycles. The smallest absolute Gasteiger partial charge is 0.308 e. The molecule has 1 unspecified atom stereocenters. The van der Waals surface area contributed by atoms with E-state index in [9.17, 15) is 4.79 Å². The molecule has 1 aromatic carbocycles. The van der Waals surface area contributed by atoms with Gasteiger partial charge in [-0.25, -0.2) is 0 Å². The molecule has 1 atom stereocenters. The molecule has 1 rings (SSSR count). The topological polar surface area (TPSA) is 35.5 Å². The predicted octanol–water partition coefficient (Wildman–Crippen LogP) is 3.57. The Morgan fingerprint density at radius 1 is 1.24 bits per heavy atom. The molecule has 0 saturated heterocycles. The minimum absolute atomic E-state index is 0.217. The summed E-state index contributed by atoms with van der Waals surface area (Å²) >= 11 is 0. The maximum absolute atomic E-state index is 10.7. The Bertz CT molecular complexity index is 343. The molecular weight excluding hydrogens is 216 g/mol. The molecule has 17 heavy (non-hydrogen) atoms. The van der Waals surface area contributed by atoms with E-state index >= 15 is 0 Å². The lowest BCUT2D eigenvalue weighted by atomic mass is 10.2. The molecule has 0 aliphatic carbocycles. The third kappa shape index (κ3) is 5.38. The molecule has 0 bridgehead atoms. The fourth-order valence-electron chi connectivity index (χ4n) is 1.54. The average molecular weight is 236 g/mol. The quantitative estimate of drug-likeness (QED) is 0.559. The Balaban J connectivity index is 2.47. The van der Waals surface area contributed by atoms with Crippen molar-refractivity contribution < 1.29 is 14.3 Å². The summed E-state index contributed by atoms with van der Waals surface area (Å²) in [5.74, 6) is 1.05. The van der Waals surface area contributed by atoms with Gasteiger partial charge in [0.05, 0.1) is 6.10 Å². The van der Waals surface area contributed by atoms with E-state index < -0.39 is 0 Å².